The van der Waals surface area contributed by atoms with Crippen molar-refractivity contribution in [3.05, 3.63) is 47.5 Å². The number of carbonyl (C=O) groups excluding carboxylic acids is 2. The summed E-state index contributed by atoms with van der Waals surface area (Å²) in [5.74, 6) is -0.357. The highest BCUT2D eigenvalue weighted by Gasteiger charge is 2.19. The van der Waals surface area contributed by atoms with E-state index in [1.807, 2.05) is 30.3 Å². The van der Waals surface area contributed by atoms with Crippen LogP contribution in [0.4, 0.5) is 4.79 Å². The predicted octanol–water partition coefficient (Wildman–Crippen LogP) is 3.02. The van der Waals surface area contributed by atoms with Crippen molar-refractivity contribution in [3.63, 3.8) is 0 Å². The molecule has 1 aliphatic heterocycles. The van der Waals surface area contributed by atoms with E-state index in [9.17, 15) is 9.59 Å². The molecule has 1 saturated heterocycles. The zero-order valence-corrected chi connectivity index (χ0v) is 13.7. The first-order chi connectivity index (χ1) is 11.7. The summed E-state index contributed by atoms with van der Waals surface area (Å²) in [4.78, 5) is 24.7. The minimum atomic E-state index is -0.357. The summed E-state index contributed by atoms with van der Waals surface area (Å²) in [6.07, 6.45) is 5.38. The third-order valence-electron chi connectivity index (χ3n) is 4.03. The van der Waals surface area contributed by atoms with E-state index in [4.69, 9.17) is 9.94 Å². The fourth-order valence-electron chi connectivity index (χ4n) is 2.62. The van der Waals surface area contributed by atoms with Gasteiger partial charge in [0.2, 0.25) is 5.91 Å². The second kappa shape index (κ2) is 9.72. The van der Waals surface area contributed by atoms with Gasteiger partial charge in [-0.25, -0.2) is 10.3 Å². The second-order valence-corrected chi connectivity index (χ2v) is 5.82. The molecule has 0 spiro atoms. The Balaban J connectivity index is 1.66. The number of amides is 2. The van der Waals surface area contributed by atoms with E-state index in [1.54, 1.807) is 10.4 Å². The summed E-state index contributed by atoms with van der Waals surface area (Å²) in [6, 6.07) is 9.64. The summed E-state index contributed by atoms with van der Waals surface area (Å²) in [6.45, 7) is 1.62. The summed E-state index contributed by atoms with van der Waals surface area (Å²) < 4.78 is 5.34. The van der Waals surface area contributed by atoms with E-state index in [0.29, 0.717) is 32.5 Å². The first kappa shape index (κ1) is 18.0. The Morgan fingerprint density at radius 2 is 1.92 bits per heavy atom. The molecule has 0 aliphatic carbocycles. The van der Waals surface area contributed by atoms with Gasteiger partial charge in [-0.1, -0.05) is 42.0 Å². The minimum Gasteiger partial charge on any atom is -0.445 e. The number of nitrogens with zero attached hydrogens (tertiary/aromatic N) is 1. The molecule has 0 atom stereocenters. The van der Waals surface area contributed by atoms with Crippen LogP contribution >= 0.6 is 0 Å². The quantitative estimate of drug-likeness (QED) is 0.363. The van der Waals surface area contributed by atoms with Gasteiger partial charge < -0.3 is 9.64 Å². The summed E-state index contributed by atoms with van der Waals surface area (Å²) in [5, 5.41) is 8.42. The molecule has 6 heteroatoms. The molecule has 1 fully saturated rings. The number of piperidine rings is 1. The van der Waals surface area contributed by atoms with E-state index in [1.165, 1.54) is 5.57 Å². The standard InChI is InChI=1S/C18H24N2O4/c21-17(19-23)9-5-4-6-15-10-12-20(13-11-15)18(22)24-14-16-7-2-1-3-8-16/h1-3,6-8,23H,4-5,9-14H2,(H,19,21). The number of unbranched alkanes of at least 4 members (excludes halogenated alkanes) is 1. The van der Waals surface area contributed by atoms with Crippen LogP contribution in [0, 0.1) is 0 Å². The third kappa shape index (κ3) is 6.04. The van der Waals surface area contributed by atoms with Crippen LogP contribution in [0.5, 0.6) is 0 Å². The average Bonchev–Trinajstić information content (AvgIpc) is 2.64. The normalized spacial score (nSPS) is 14.2. The van der Waals surface area contributed by atoms with Crippen LogP contribution in [-0.2, 0) is 16.1 Å². The Morgan fingerprint density at radius 1 is 1.21 bits per heavy atom. The van der Waals surface area contributed by atoms with Gasteiger partial charge in [-0.2, -0.15) is 0 Å². The zero-order valence-electron chi connectivity index (χ0n) is 13.7. The van der Waals surface area contributed by atoms with Crippen molar-refractivity contribution in [1.82, 2.24) is 10.4 Å². The van der Waals surface area contributed by atoms with Gasteiger partial charge in [0.05, 0.1) is 0 Å². The van der Waals surface area contributed by atoms with Crippen LogP contribution in [0.2, 0.25) is 0 Å². The number of carbonyl (C=O) groups is 2. The van der Waals surface area contributed by atoms with Crippen LogP contribution < -0.4 is 5.48 Å². The monoisotopic (exact) mass is 332 g/mol. The molecule has 0 saturated carbocycles. The molecule has 0 unspecified atom stereocenters. The SMILES string of the molecule is O=C(CCCC=C1CCN(C(=O)OCc2ccccc2)CC1)NO. The molecule has 0 radical (unpaired) electrons. The fraction of sp³-hybridized carbons (Fsp3) is 0.444. The summed E-state index contributed by atoms with van der Waals surface area (Å²) in [5.41, 5.74) is 3.92. The van der Waals surface area contributed by atoms with Crippen LogP contribution in [0.15, 0.2) is 42.0 Å². The molecule has 2 N–H and O–H groups in total. The molecule has 1 heterocycles. The van der Waals surface area contributed by atoms with Crippen LogP contribution in [0.3, 0.4) is 0 Å². The molecule has 0 aromatic heterocycles. The Hall–Kier alpha value is -2.34. The third-order valence-corrected chi connectivity index (χ3v) is 4.03. The number of likely N-dealkylation sites (tertiary alicyclic amines) is 1. The maximum absolute atomic E-state index is 12.1. The zero-order chi connectivity index (χ0) is 17.2. The van der Waals surface area contributed by atoms with Crippen molar-refractivity contribution in [2.45, 2.75) is 38.7 Å². The van der Waals surface area contributed by atoms with Gasteiger partial charge in [-0.3, -0.25) is 10.0 Å². The molecular formula is C18H24N2O4. The highest BCUT2D eigenvalue weighted by Crippen LogP contribution is 2.18. The number of rotatable bonds is 6. The molecular weight excluding hydrogens is 308 g/mol. The number of allylic oxidation sites excluding steroid dienone is 1. The lowest BCUT2D eigenvalue weighted by Crippen LogP contribution is -2.36. The lowest BCUT2D eigenvalue weighted by atomic mass is 10.0. The van der Waals surface area contributed by atoms with E-state index < -0.39 is 0 Å². The predicted molar refractivity (Wildman–Crippen MR) is 89.3 cm³/mol. The number of hydroxylamine groups is 1. The van der Waals surface area contributed by atoms with Gasteiger partial charge >= 0.3 is 6.09 Å². The molecule has 6 nitrogen and oxygen atoms in total. The van der Waals surface area contributed by atoms with Gasteiger partial charge in [0.1, 0.15) is 6.61 Å². The molecule has 1 aromatic rings. The topological polar surface area (TPSA) is 78.9 Å². The largest absolute Gasteiger partial charge is 0.445 e. The second-order valence-electron chi connectivity index (χ2n) is 5.82. The van der Waals surface area contributed by atoms with Crippen molar-refractivity contribution >= 4 is 12.0 Å². The first-order valence-electron chi connectivity index (χ1n) is 8.25. The molecule has 130 valence electrons. The Labute approximate surface area is 142 Å². The number of hydrogen-bond acceptors (Lipinski definition) is 4. The van der Waals surface area contributed by atoms with Crippen molar-refractivity contribution < 1.29 is 19.5 Å². The first-order valence-corrected chi connectivity index (χ1v) is 8.25. The summed E-state index contributed by atoms with van der Waals surface area (Å²) >= 11 is 0. The van der Waals surface area contributed by atoms with Gasteiger partial charge in [-0.15, -0.1) is 0 Å². The number of nitrogens with one attached hydrogen (secondary N) is 1. The molecule has 1 aromatic carbocycles. The van der Waals surface area contributed by atoms with Crippen molar-refractivity contribution in [2.24, 2.45) is 0 Å². The van der Waals surface area contributed by atoms with E-state index in [2.05, 4.69) is 6.08 Å². The Kier molecular flexibility index (Phi) is 7.29. The summed E-state index contributed by atoms with van der Waals surface area (Å²) in [7, 11) is 0. The van der Waals surface area contributed by atoms with Crippen LogP contribution in [-0.4, -0.2) is 35.2 Å². The van der Waals surface area contributed by atoms with E-state index >= 15 is 0 Å². The molecule has 2 rings (SSSR count). The number of benzene rings is 1. The maximum Gasteiger partial charge on any atom is 0.410 e. The number of ether oxygens (including phenoxy) is 1. The van der Waals surface area contributed by atoms with Gasteiger partial charge in [-0.05, 0) is 31.2 Å². The van der Waals surface area contributed by atoms with Crippen LogP contribution in [0.25, 0.3) is 0 Å². The molecule has 1 aliphatic rings. The van der Waals surface area contributed by atoms with E-state index in [-0.39, 0.29) is 12.0 Å². The lowest BCUT2D eigenvalue weighted by molar-refractivity contribution is -0.129. The Morgan fingerprint density at radius 3 is 2.58 bits per heavy atom. The van der Waals surface area contributed by atoms with Crippen LogP contribution in [0.1, 0.15) is 37.7 Å². The molecule has 2 amide bonds. The van der Waals surface area contributed by atoms with Crippen molar-refractivity contribution in [3.8, 4) is 0 Å². The van der Waals surface area contributed by atoms with Crippen molar-refractivity contribution in [1.29, 1.82) is 0 Å². The highest BCUT2D eigenvalue weighted by atomic mass is 16.6. The van der Waals surface area contributed by atoms with Gasteiger partial charge in [0.25, 0.3) is 0 Å². The smallest absolute Gasteiger partial charge is 0.410 e. The maximum atomic E-state index is 12.1. The molecule has 0 bridgehead atoms. The Bertz CT molecular complexity index is 562. The van der Waals surface area contributed by atoms with Crippen molar-refractivity contribution in [2.75, 3.05) is 13.1 Å². The molecule has 24 heavy (non-hydrogen) atoms. The average molecular weight is 332 g/mol. The minimum absolute atomic E-state index is 0.266. The van der Waals surface area contributed by atoms with Gasteiger partial charge in [0.15, 0.2) is 0 Å². The highest BCUT2D eigenvalue weighted by molar-refractivity contribution is 5.74. The fourth-order valence-corrected chi connectivity index (χ4v) is 2.62. The van der Waals surface area contributed by atoms with Gasteiger partial charge in [0, 0.05) is 19.5 Å². The lowest BCUT2D eigenvalue weighted by Gasteiger charge is -2.27. The number of hydrogen-bond donors (Lipinski definition) is 2. The van der Waals surface area contributed by atoms with E-state index in [0.717, 1.165) is 24.8 Å².